The molecule has 0 aliphatic heterocycles. The van der Waals surface area contributed by atoms with Crippen molar-refractivity contribution in [2.24, 2.45) is 11.7 Å². The molecule has 0 aromatic heterocycles. The minimum Gasteiger partial charge on any atom is -0.481 e. The second-order valence-corrected chi connectivity index (χ2v) is 5.14. The zero-order chi connectivity index (χ0) is 13.8. The molecule has 2 unspecified atom stereocenters. The number of carboxylic acid groups (broad SMARTS) is 1. The van der Waals surface area contributed by atoms with Crippen LogP contribution in [-0.2, 0) is 16.0 Å². The second kappa shape index (κ2) is 5.87. The Morgan fingerprint density at radius 3 is 2.79 bits per heavy atom. The van der Waals surface area contributed by atoms with Crippen LogP contribution in [0.2, 0.25) is 0 Å². The van der Waals surface area contributed by atoms with Crippen molar-refractivity contribution in [2.45, 2.75) is 38.0 Å². The fraction of sp³-hybridized carbons (Fsp3) is 0.467. The predicted molar refractivity (Wildman–Crippen MR) is 71.7 cm³/mol. The van der Waals surface area contributed by atoms with Gasteiger partial charge in [-0.1, -0.05) is 24.3 Å². The summed E-state index contributed by atoms with van der Waals surface area (Å²) in [6.45, 7) is 0. The molecule has 102 valence electrons. The van der Waals surface area contributed by atoms with E-state index in [-0.39, 0.29) is 24.2 Å². The molecule has 19 heavy (non-hydrogen) atoms. The van der Waals surface area contributed by atoms with Crippen molar-refractivity contribution in [1.82, 2.24) is 0 Å². The van der Waals surface area contributed by atoms with E-state index >= 15 is 0 Å². The van der Waals surface area contributed by atoms with Crippen molar-refractivity contribution < 1.29 is 14.7 Å². The first-order valence-electron chi connectivity index (χ1n) is 6.68. The van der Waals surface area contributed by atoms with E-state index in [1.54, 1.807) is 0 Å². The molecular weight excluding hydrogens is 242 g/mol. The number of carbonyl (C=O) groups is 2. The molecule has 1 aliphatic carbocycles. The zero-order valence-electron chi connectivity index (χ0n) is 10.8. The lowest BCUT2D eigenvalue weighted by Gasteiger charge is -2.30. The summed E-state index contributed by atoms with van der Waals surface area (Å²) in [5.41, 5.74) is 7.91. The van der Waals surface area contributed by atoms with Gasteiger partial charge < -0.3 is 10.8 Å². The average molecular weight is 261 g/mol. The van der Waals surface area contributed by atoms with E-state index in [1.807, 2.05) is 18.2 Å². The number of rotatable bonds is 5. The Balaban J connectivity index is 2.23. The summed E-state index contributed by atoms with van der Waals surface area (Å²) in [5, 5.41) is 8.79. The van der Waals surface area contributed by atoms with Crippen LogP contribution < -0.4 is 5.73 Å². The van der Waals surface area contributed by atoms with Crippen LogP contribution in [0.4, 0.5) is 0 Å². The number of nitrogens with two attached hydrogens (primary N) is 1. The fourth-order valence-electron chi connectivity index (χ4n) is 3.03. The largest absolute Gasteiger partial charge is 0.481 e. The number of aliphatic carboxylic acids is 1. The summed E-state index contributed by atoms with van der Waals surface area (Å²) in [4.78, 5) is 22.4. The molecule has 0 heterocycles. The van der Waals surface area contributed by atoms with Gasteiger partial charge in [-0.3, -0.25) is 9.59 Å². The van der Waals surface area contributed by atoms with E-state index in [4.69, 9.17) is 10.8 Å². The number of fused-ring (bicyclic) bond motifs is 1. The molecule has 0 saturated heterocycles. The number of hydrogen-bond donors (Lipinski definition) is 2. The van der Waals surface area contributed by atoms with Crippen molar-refractivity contribution in [2.75, 3.05) is 0 Å². The number of aryl methyl sites for hydroxylation is 1. The maximum atomic E-state index is 11.7. The monoisotopic (exact) mass is 261 g/mol. The minimum atomic E-state index is -0.879. The van der Waals surface area contributed by atoms with Gasteiger partial charge in [0.2, 0.25) is 5.91 Å². The molecule has 0 fully saturated rings. The molecule has 0 spiro atoms. The Labute approximate surface area is 112 Å². The number of benzene rings is 1. The van der Waals surface area contributed by atoms with Crippen LogP contribution >= 0.6 is 0 Å². The maximum absolute atomic E-state index is 11.7. The Hall–Kier alpha value is -1.84. The molecule has 4 heteroatoms. The van der Waals surface area contributed by atoms with Gasteiger partial charge in [0.05, 0.1) is 0 Å². The van der Waals surface area contributed by atoms with Crippen molar-refractivity contribution in [3.8, 4) is 0 Å². The first-order valence-corrected chi connectivity index (χ1v) is 6.68. The molecule has 0 radical (unpaired) electrons. The van der Waals surface area contributed by atoms with E-state index in [0.29, 0.717) is 6.42 Å². The number of primary amides is 1. The van der Waals surface area contributed by atoms with Crippen LogP contribution in [0.1, 0.15) is 42.7 Å². The maximum Gasteiger partial charge on any atom is 0.303 e. The number of carbonyl (C=O) groups excluding carboxylic acids is 1. The second-order valence-electron chi connectivity index (χ2n) is 5.14. The molecule has 3 N–H and O–H groups in total. The van der Waals surface area contributed by atoms with Gasteiger partial charge in [-0.25, -0.2) is 0 Å². The molecule has 1 aromatic carbocycles. The van der Waals surface area contributed by atoms with Gasteiger partial charge in [-0.15, -0.1) is 0 Å². The lowest BCUT2D eigenvalue weighted by molar-refractivity contribution is -0.137. The lowest BCUT2D eigenvalue weighted by Crippen LogP contribution is -2.31. The molecular formula is C15H19NO3. The van der Waals surface area contributed by atoms with Crippen molar-refractivity contribution >= 4 is 11.9 Å². The third-order valence-corrected chi connectivity index (χ3v) is 3.94. The Morgan fingerprint density at radius 1 is 1.37 bits per heavy atom. The SMILES string of the molecule is NC(=O)C(CCC(=O)O)C1CCCc2ccccc21. The number of carboxylic acids is 1. The van der Waals surface area contributed by atoms with Gasteiger partial charge >= 0.3 is 5.97 Å². The van der Waals surface area contributed by atoms with Crippen LogP contribution in [0.5, 0.6) is 0 Å². The summed E-state index contributed by atoms with van der Waals surface area (Å²) in [6, 6.07) is 8.08. The molecule has 2 rings (SSSR count). The molecule has 4 nitrogen and oxygen atoms in total. The highest BCUT2D eigenvalue weighted by Gasteiger charge is 2.31. The van der Waals surface area contributed by atoms with Crippen molar-refractivity contribution in [3.63, 3.8) is 0 Å². The summed E-state index contributed by atoms with van der Waals surface area (Å²) >= 11 is 0. The van der Waals surface area contributed by atoms with E-state index in [2.05, 4.69) is 6.07 Å². The molecule has 1 aliphatic rings. The zero-order valence-corrected chi connectivity index (χ0v) is 10.8. The standard InChI is InChI=1S/C15H19NO3/c16-15(19)13(8-9-14(17)18)12-7-3-5-10-4-1-2-6-11(10)12/h1-2,4,6,12-13H,3,5,7-9H2,(H2,16,19)(H,17,18). The molecule has 0 saturated carbocycles. The van der Waals surface area contributed by atoms with Gasteiger partial charge in [0.1, 0.15) is 0 Å². The third-order valence-electron chi connectivity index (χ3n) is 3.94. The molecule has 0 bridgehead atoms. The number of hydrogen-bond acceptors (Lipinski definition) is 2. The number of amides is 1. The summed E-state index contributed by atoms with van der Waals surface area (Å²) in [5.74, 6) is -1.57. The van der Waals surface area contributed by atoms with Crippen molar-refractivity contribution in [3.05, 3.63) is 35.4 Å². The highest BCUT2D eigenvalue weighted by molar-refractivity contribution is 5.78. The van der Waals surface area contributed by atoms with Crippen LogP contribution in [0.3, 0.4) is 0 Å². The topological polar surface area (TPSA) is 80.4 Å². The first kappa shape index (κ1) is 13.6. The van der Waals surface area contributed by atoms with Gasteiger partial charge in [-0.2, -0.15) is 0 Å². The summed E-state index contributed by atoms with van der Waals surface area (Å²) in [6.07, 6.45) is 3.27. The Morgan fingerprint density at radius 2 is 2.11 bits per heavy atom. The Bertz CT molecular complexity index is 484. The summed E-state index contributed by atoms with van der Waals surface area (Å²) < 4.78 is 0. The van der Waals surface area contributed by atoms with Crippen molar-refractivity contribution in [1.29, 1.82) is 0 Å². The smallest absolute Gasteiger partial charge is 0.303 e. The highest BCUT2D eigenvalue weighted by atomic mass is 16.4. The quantitative estimate of drug-likeness (QED) is 0.851. The third kappa shape index (κ3) is 3.13. The fourth-order valence-corrected chi connectivity index (χ4v) is 3.03. The Kier molecular flexibility index (Phi) is 4.20. The molecule has 2 atom stereocenters. The molecule has 1 amide bonds. The van der Waals surface area contributed by atoms with E-state index in [1.165, 1.54) is 11.1 Å². The van der Waals surface area contributed by atoms with Gasteiger partial charge in [0, 0.05) is 12.3 Å². The van der Waals surface area contributed by atoms with E-state index < -0.39 is 5.97 Å². The lowest BCUT2D eigenvalue weighted by atomic mass is 9.74. The highest BCUT2D eigenvalue weighted by Crippen LogP contribution is 2.38. The van der Waals surface area contributed by atoms with Crippen LogP contribution in [0, 0.1) is 5.92 Å². The van der Waals surface area contributed by atoms with Gasteiger partial charge in [-0.05, 0) is 42.7 Å². The van der Waals surface area contributed by atoms with Gasteiger partial charge in [0.25, 0.3) is 0 Å². The van der Waals surface area contributed by atoms with Crippen LogP contribution in [0.25, 0.3) is 0 Å². The van der Waals surface area contributed by atoms with E-state index in [0.717, 1.165) is 19.3 Å². The van der Waals surface area contributed by atoms with Crippen LogP contribution in [-0.4, -0.2) is 17.0 Å². The average Bonchev–Trinajstić information content (AvgIpc) is 2.38. The normalized spacial score (nSPS) is 19.5. The first-order chi connectivity index (χ1) is 9.09. The minimum absolute atomic E-state index is 0.00767. The van der Waals surface area contributed by atoms with E-state index in [9.17, 15) is 9.59 Å². The summed E-state index contributed by atoms with van der Waals surface area (Å²) in [7, 11) is 0. The van der Waals surface area contributed by atoms with Crippen LogP contribution in [0.15, 0.2) is 24.3 Å². The van der Waals surface area contributed by atoms with Gasteiger partial charge in [0.15, 0.2) is 0 Å². The molecule has 1 aromatic rings. The predicted octanol–water partition coefficient (Wildman–Crippen LogP) is 2.07.